The summed E-state index contributed by atoms with van der Waals surface area (Å²) in [5.74, 6) is 1.06. The highest BCUT2D eigenvalue weighted by Crippen LogP contribution is 2.29. The molecule has 2 amide bonds. The van der Waals surface area contributed by atoms with Gasteiger partial charge in [0.25, 0.3) is 0 Å². The predicted molar refractivity (Wildman–Crippen MR) is 105 cm³/mol. The highest BCUT2D eigenvalue weighted by molar-refractivity contribution is 5.93. The predicted octanol–water partition coefficient (Wildman–Crippen LogP) is 3.00. The Hall–Kier alpha value is -3.29. The second kappa shape index (κ2) is 8.16. The summed E-state index contributed by atoms with van der Waals surface area (Å²) in [5, 5.41) is 0. The maximum atomic E-state index is 13.6. The Morgan fingerprint density at radius 2 is 2.04 bits per heavy atom. The van der Waals surface area contributed by atoms with Gasteiger partial charge in [0.1, 0.15) is 17.4 Å². The number of halogens is 1. The first-order chi connectivity index (χ1) is 13.5. The number of hydrogen-bond acceptors (Lipinski definition) is 5. The molecule has 1 fully saturated rings. The van der Waals surface area contributed by atoms with Crippen LogP contribution >= 0.6 is 0 Å². The number of anilines is 1. The van der Waals surface area contributed by atoms with E-state index >= 15 is 0 Å². The molecule has 3 rings (SSSR count). The minimum Gasteiger partial charge on any atom is -0.496 e. The number of nitrogens with zero attached hydrogens (tertiary/aromatic N) is 3. The first-order valence-corrected chi connectivity index (χ1v) is 8.81. The van der Waals surface area contributed by atoms with E-state index < -0.39 is 0 Å². The Balaban J connectivity index is 1.82. The minimum absolute atomic E-state index is 0.209. The Bertz CT molecular complexity index is 916. The first-order valence-electron chi connectivity index (χ1n) is 8.81. The lowest BCUT2D eigenvalue weighted by Crippen LogP contribution is -2.32. The van der Waals surface area contributed by atoms with Crippen LogP contribution in [0.1, 0.15) is 18.1 Å². The molecule has 2 aromatic rings. The number of methoxy groups -OCH3 is 2. The first kappa shape index (κ1) is 19.5. The van der Waals surface area contributed by atoms with Crippen molar-refractivity contribution in [3.8, 4) is 11.6 Å². The highest BCUT2D eigenvalue weighted by atomic mass is 19.1. The number of rotatable bonds is 6. The van der Waals surface area contributed by atoms with Crippen molar-refractivity contribution in [2.45, 2.75) is 13.5 Å². The van der Waals surface area contributed by atoms with Crippen LogP contribution in [-0.2, 0) is 6.54 Å². The smallest absolute Gasteiger partial charge is 0.326 e. The quantitative estimate of drug-likeness (QED) is 0.825. The fraction of sp³-hybridized carbons (Fsp3) is 0.300. The molecule has 148 valence electrons. The van der Waals surface area contributed by atoms with Gasteiger partial charge >= 0.3 is 6.03 Å². The molecule has 0 saturated carbocycles. The molecule has 1 aromatic carbocycles. The molecular weight excluding hydrogens is 363 g/mol. The fourth-order valence-electron chi connectivity index (χ4n) is 3.14. The minimum atomic E-state index is -0.371. The van der Waals surface area contributed by atoms with Crippen molar-refractivity contribution < 1.29 is 18.7 Å². The largest absolute Gasteiger partial charge is 0.496 e. The van der Waals surface area contributed by atoms with Gasteiger partial charge in [-0.05, 0) is 49.0 Å². The van der Waals surface area contributed by atoms with E-state index in [0.717, 1.165) is 11.1 Å². The Morgan fingerprint density at radius 3 is 2.71 bits per heavy atom. The van der Waals surface area contributed by atoms with Gasteiger partial charge in [-0.2, -0.15) is 4.98 Å². The second-order valence-electron chi connectivity index (χ2n) is 6.39. The normalized spacial score (nSPS) is 14.6. The van der Waals surface area contributed by atoms with Crippen molar-refractivity contribution >= 4 is 17.4 Å². The number of ether oxygens (including phenoxy) is 2. The molecule has 0 aliphatic carbocycles. The number of hydrogen-bond donors (Lipinski definition) is 1. The third-order valence-electron chi connectivity index (χ3n) is 4.69. The highest BCUT2D eigenvalue weighted by Gasteiger charge is 2.31. The van der Waals surface area contributed by atoms with E-state index in [0.29, 0.717) is 36.1 Å². The van der Waals surface area contributed by atoms with Crippen LogP contribution in [0.4, 0.5) is 15.0 Å². The van der Waals surface area contributed by atoms with Crippen LogP contribution in [0.25, 0.3) is 5.57 Å². The summed E-state index contributed by atoms with van der Waals surface area (Å²) in [6, 6.07) is 7.64. The standard InChI is InChI=1S/C20H23FN4O3/c1-13(11-22)16-5-7-18(23-19(16)28-3)25-9-8-24(20(25)26)12-14-10-15(21)4-6-17(14)27-2/h4-7,10-11H,8-9,12,22H2,1-3H3/b13-11+. The van der Waals surface area contributed by atoms with Crippen LogP contribution < -0.4 is 20.1 Å². The Labute approximate surface area is 163 Å². The van der Waals surface area contributed by atoms with Crippen molar-refractivity contribution in [1.82, 2.24) is 9.88 Å². The molecule has 1 saturated heterocycles. The molecule has 8 heteroatoms. The van der Waals surface area contributed by atoms with Gasteiger partial charge in [0.15, 0.2) is 0 Å². The Kier molecular flexibility index (Phi) is 5.67. The van der Waals surface area contributed by atoms with Crippen LogP contribution in [0.3, 0.4) is 0 Å². The lowest BCUT2D eigenvalue weighted by Gasteiger charge is -2.20. The molecule has 0 unspecified atom stereocenters. The van der Waals surface area contributed by atoms with E-state index in [-0.39, 0.29) is 18.4 Å². The summed E-state index contributed by atoms with van der Waals surface area (Å²) in [6.07, 6.45) is 1.48. The van der Waals surface area contributed by atoms with Crippen LogP contribution in [0.15, 0.2) is 36.5 Å². The number of aromatic nitrogens is 1. The van der Waals surface area contributed by atoms with Gasteiger partial charge in [-0.15, -0.1) is 0 Å². The van der Waals surface area contributed by atoms with Gasteiger partial charge in [-0.25, -0.2) is 9.18 Å². The maximum absolute atomic E-state index is 13.6. The third kappa shape index (κ3) is 3.71. The van der Waals surface area contributed by atoms with Crippen molar-refractivity contribution in [3.63, 3.8) is 0 Å². The molecule has 28 heavy (non-hydrogen) atoms. The maximum Gasteiger partial charge on any atom is 0.326 e. The van der Waals surface area contributed by atoms with Crippen LogP contribution in [0.5, 0.6) is 11.6 Å². The SMILES string of the molecule is COc1ccc(F)cc1CN1CCN(c2ccc(/C(C)=C/N)c(OC)n2)C1=O. The number of pyridine rings is 1. The zero-order chi connectivity index (χ0) is 20.3. The summed E-state index contributed by atoms with van der Waals surface area (Å²) in [4.78, 5) is 20.5. The van der Waals surface area contributed by atoms with Gasteiger partial charge in [0, 0.05) is 24.2 Å². The van der Waals surface area contributed by atoms with E-state index in [9.17, 15) is 9.18 Å². The van der Waals surface area contributed by atoms with Gasteiger partial charge in [0.05, 0.1) is 20.8 Å². The number of benzene rings is 1. The number of allylic oxidation sites excluding steroid dienone is 1. The Morgan fingerprint density at radius 1 is 1.25 bits per heavy atom. The molecule has 2 heterocycles. The molecule has 0 radical (unpaired) electrons. The van der Waals surface area contributed by atoms with Crippen molar-refractivity contribution in [1.29, 1.82) is 0 Å². The van der Waals surface area contributed by atoms with Crippen molar-refractivity contribution in [2.24, 2.45) is 5.73 Å². The molecule has 0 atom stereocenters. The van der Waals surface area contributed by atoms with Gasteiger partial charge < -0.3 is 20.1 Å². The molecular formula is C20H23FN4O3. The van der Waals surface area contributed by atoms with Crippen LogP contribution in [0, 0.1) is 5.82 Å². The summed E-state index contributed by atoms with van der Waals surface area (Å²) < 4.78 is 24.2. The van der Waals surface area contributed by atoms with Gasteiger partial charge in [-0.3, -0.25) is 4.90 Å². The summed E-state index contributed by atoms with van der Waals surface area (Å²) in [5.41, 5.74) is 7.78. The molecule has 2 N–H and O–H groups in total. The average Bonchev–Trinajstić information content (AvgIpc) is 3.07. The topological polar surface area (TPSA) is 80.9 Å². The monoisotopic (exact) mass is 386 g/mol. The number of amides is 2. The second-order valence-corrected chi connectivity index (χ2v) is 6.39. The molecule has 1 aliphatic heterocycles. The summed E-state index contributed by atoms with van der Waals surface area (Å²) in [6.45, 7) is 3.07. The zero-order valence-corrected chi connectivity index (χ0v) is 16.1. The zero-order valence-electron chi connectivity index (χ0n) is 16.1. The summed E-state index contributed by atoms with van der Waals surface area (Å²) in [7, 11) is 3.04. The molecule has 0 bridgehead atoms. The van der Waals surface area contributed by atoms with E-state index in [2.05, 4.69) is 4.98 Å². The molecule has 1 aliphatic rings. The fourth-order valence-corrected chi connectivity index (χ4v) is 3.14. The number of urea groups is 1. The van der Waals surface area contributed by atoms with E-state index in [1.165, 1.54) is 32.6 Å². The molecule has 1 aromatic heterocycles. The van der Waals surface area contributed by atoms with E-state index in [1.807, 2.05) is 13.0 Å². The van der Waals surface area contributed by atoms with E-state index in [1.54, 1.807) is 21.9 Å². The van der Waals surface area contributed by atoms with Crippen molar-refractivity contribution in [3.05, 3.63) is 53.5 Å². The average molecular weight is 386 g/mol. The number of nitrogens with two attached hydrogens (primary N) is 1. The third-order valence-corrected chi connectivity index (χ3v) is 4.69. The number of carbonyl (C=O) groups is 1. The summed E-state index contributed by atoms with van der Waals surface area (Å²) >= 11 is 0. The van der Waals surface area contributed by atoms with Crippen molar-refractivity contribution in [2.75, 3.05) is 32.2 Å². The molecule has 0 spiro atoms. The lowest BCUT2D eigenvalue weighted by atomic mass is 10.1. The van der Waals surface area contributed by atoms with E-state index in [4.69, 9.17) is 15.2 Å². The van der Waals surface area contributed by atoms with Gasteiger partial charge in [-0.1, -0.05) is 0 Å². The lowest BCUT2D eigenvalue weighted by molar-refractivity contribution is 0.218. The molecule has 7 nitrogen and oxygen atoms in total. The number of carbonyl (C=O) groups excluding carboxylic acids is 1. The van der Waals surface area contributed by atoms with Gasteiger partial charge in [0.2, 0.25) is 5.88 Å². The van der Waals surface area contributed by atoms with Crippen LogP contribution in [-0.4, -0.2) is 43.2 Å². The van der Waals surface area contributed by atoms with Crippen LogP contribution in [0.2, 0.25) is 0 Å².